The first-order valence-corrected chi connectivity index (χ1v) is 9.47. The quantitative estimate of drug-likeness (QED) is 0.402. The molecule has 0 saturated heterocycles. The van der Waals surface area contributed by atoms with Crippen molar-refractivity contribution in [1.82, 2.24) is 20.0 Å². The first kappa shape index (κ1) is 19.0. The molecule has 1 N–H and O–H groups in total. The van der Waals surface area contributed by atoms with Gasteiger partial charge in [0.05, 0.1) is 19.1 Å². The number of nitrogens with one attached hydrogen (secondary N) is 1. The van der Waals surface area contributed by atoms with Gasteiger partial charge in [0.2, 0.25) is 0 Å². The van der Waals surface area contributed by atoms with Crippen molar-refractivity contribution in [3.05, 3.63) is 51.3 Å². The lowest BCUT2D eigenvalue weighted by atomic mass is 9.91. The van der Waals surface area contributed by atoms with Crippen molar-refractivity contribution in [2.24, 2.45) is 7.05 Å². The van der Waals surface area contributed by atoms with E-state index in [4.69, 9.17) is 9.47 Å². The monoisotopic (exact) mass is 397 g/mol. The Hall–Kier alpha value is -3.36. The number of fused-ring (bicyclic) bond motifs is 1. The van der Waals surface area contributed by atoms with Gasteiger partial charge in [-0.1, -0.05) is 0 Å². The lowest BCUT2D eigenvalue weighted by Gasteiger charge is -2.17. The van der Waals surface area contributed by atoms with E-state index in [1.165, 1.54) is 10.9 Å². The minimum Gasteiger partial charge on any atom is -0.497 e. The molecule has 3 aromatic rings. The highest BCUT2D eigenvalue weighted by Gasteiger charge is 2.29. The zero-order valence-corrected chi connectivity index (χ0v) is 16.6. The predicted molar refractivity (Wildman–Crippen MR) is 106 cm³/mol. The van der Waals surface area contributed by atoms with Gasteiger partial charge in [-0.15, -0.1) is 0 Å². The number of nitro groups is 1. The topological polar surface area (TPSA) is 108 Å². The summed E-state index contributed by atoms with van der Waals surface area (Å²) < 4.78 is 12.4. The van der Waals surface area contributed by atoms with Gasteiger partial charge < -0.3 is 9.47 Å². The molecule has 0 amide bonds. The Labute approximate surface area is 167 Å². The summed E-state index contributed by atoms with van der Waals surface area (Å²) in [5, 5.41) is 23.0. The smallest absolute Gasteiger partial charge is 0.316 e. The zero-order chi connectivity index (χ0) is 20.5. The van der Waals surface area contributed by atoms with Crippen molar-refractivity contribution < 1.29 is 14.4 Å². The molecule has 0 radical (unpaired) electrons. The SMILES string of the molecule is COc1cc(OC)cc([C@H]2CCCc3c(-c4c([N+](=O)[O-])cnn4C)n[nH]c3C2)c1. The maximum Gasteiger partial charge on any atom is 0.316 e. The first-order valence-electron chi connectivity index (χ1n) is 9.47. The van der Waals surface area contributed by atoms with E-state index < -0.39 is 4.92 Å². The fourth-order valence-electron chi connectivity index (χ4n) is 4.09. The summed E-state index contributed by atoms with van der Waals surface area (Å²) in [6, 6.07) is 5.95. The van der Waals surface area contributed by atoms with Crippen molar-refractivity contribution in [3.8, 4) is 22.9 Å². The molecule has 0 bridgehead atoms. The van der Waals surface area contributed by atoms with Crippen LogP contribution < -0.4 is 9.47 Å². The van der Waals surface area contributed by atoms with Crippen LogP contribution in [0.25, 0.3) is 11.4 Å². The average molecular weight is 397 g/mol. The van der Waals surface area contributed by atoms with E-state index in [1.54, 1.807) is 21.3 Å². The Morgan fingerprint density at radius 3 is 2.62 bits per heavy atom. The molecule has 0 spiro atoms. The molecule has 2 heterocycles. The van der Waals surface area contributed by atoms with Crippen LogP contribution in [0.3, 0.4) is 0 Å². The molecule has 2 aromatic heterocycles. The fraction of sp³-hybridized carbons (Fsp3) is 0.400. The van der Waals surface area contributed by atoms with Crippen LogP contribution in [0, 0.1) is 10.1 Å². The molecule has 1 aliphatic rings. The number of methoxy groups -OCH3 is 2. The van der Waals surface area contributed by atoms with Crippen molar-refractivity contribution in [3.63, 3.8) is 0 Å². The van der Waals surface area contributed by atoms with Crippen molar-refractivity contribution in [2.45, 2.75) is 31.6 Å². The van der Waals surface area contributed by atoms with Gasteiger partial charge in [-0.2, -0.15) is 10.2 Å². The molecule has 0 fully saturated rings. The second-order valence-electron chi connectivity index (χ2n) is 7.23. The summed E-state index contributed by atoms with van der Waals surface area (Å²) in [6.45, 7) is 0. The van der Waals surface area contributed by atoms with Crippen LogP contribution in [-0.4, -0.2) is 39.1 Å². The maximum atomic E-state index is 11.4. The van der Waals surface area contributed by atoms with Crippen LogP contribution in [0.1, 0.15) is 35.6 Å². The Bertz CT molecular complexity index is 1030. The van der Waals surface area contributed by atoms with Gasteiger partial charge in [0.15, 0.2) is 5.69 Å². The number of aromatic nitrogens is 4. The highest BCUT2D eigenvalue weighted by atomic mass is 16.6. The number of aryl methyl sites for hydroxylation is 1. The summed E-state index contributed by atoms with van der Waals surface area (Å²) in [4.78, 5) is 11.0. The molecule has 0 aliphatic heterocycles. The molecular weight excluding hydrogens is 374 g/mol. The van der Waals surface area contributed by atoms with E-state index in [1.807, 2.05) is 18.2 Å². The number of nitrogens with zero attached hydrogens (tertiary/aromatic N) is 4. The Balaban J connectivity index is 1.71. The molecular formula is C20H23N5O4. The van der Waals surface area contributed by atoms with E-state index in [0.717, 1.165) is 54.0 Å². The van der Waals surface area contributed by atoms with E-state index in [2.05, 4.69) is 15.3 Å². The fourth-order valence-corrected chi connectivity index (χ4v) is 4.09. The Kier molecular flexibility index (Phi) is 4.96. The van der Waals surface area contributed by atoms with Crippen LogP contribution in [0.2, 0.25) is 0 Å². The summed E-state index contributed by atoms with van der Waals surface area (Å²) in [7, 11) is 4.99. The summed E-state index contributed by atoms with van der Waals surface area (Å²) in [5.41, 5.74) is 4.23. The van der Waals surface area contributed by atoms with E-state index >= 15 is 0 Å². The lowest BCUT2D eigenvalue weighted by Crippen LogP contribution is -2.03. The molecule has 4 rings (SSSR count). The average Bonchev–Trinajstić information content (AvgIpc) is 3.22. The number of H-pyrrole nitrogens is 1. The molecule has 29 heavy (non-hydrogen) atoms. The van der Waals surface area contributed by atoms with Gasteiger partial charge in [-0.05, 0) is 49.3 Å². The summed E-state index contributed by atoms with van der Waals surface area (Å²) in [5.74, 6) is 1.80. The van der Waals surface area contributed by atoms with Crippen LogP contribution in [0.15, 0.2) is 24.4 Å². The highest BCUT2D eigenvalue weighted by Crippen LogP contribution is 2.39. The molecule has 9 nitrogen and oxygen atoms in total. The normalized spacial score (nSPS) is 16.2. The van der Waals surface area contributed by atoms with Gasteiger partial charge in [0, 0.05) is 24.4 Å². The van der Waals surface area contributed by atoms with Crippen LogP contribution in [-0.2, 0) is 19.9 Å². The summed E-state index contributed by atoms with van der Waals surface area (Å²) in [6.07, 6.45) is 4.80. The minimum atomic E-state index is -0.411. The number of rotatable bonds is 5. The van der Waals surface area contributed by atoms with Gasteiger partial charge in [0.1, 0.15) is 23.4 Å². The number of hydrogen-bond acceptors (Lipinski definition) is 6. The number of benzene rings is 1. The van der Waals surface area contributed by atoms with Crippen LogP contribution in [0.4, 0.5) is 5.69 Å². The van der Waals surface area contributed by atoms with Gasteiger partial charge in [-0.3, -0.25) is 19.9 Å². The van der Waals surface area contributed by atoms with E-state index in [0.29, 0.717) is 11.4 Å². The zero-order valence-electron chi connectivity index (χ0n) is 16.6. The molecule has 9 heteroatoms. The molecule has 1 aliphatic carbocycles. The van der Waals surface area contributed by atoms with Crippen LogP contribution >= 0.6 is 0 Å². The van der Waals surface area contributed by atoms with Crippen LogP contribution in [0.5, 0.6) is 11.5 Å². The third-order valence-corrected chi connectivity index (χ3v) is 5.57. The predicted octanol–water partition coefficient (Wildman–Crippen LogP) is 3.40. The molecule has 152 valence electrons. The van der Waals surface area contributed by atoms with Crippen molar-refractivity contribution in [2.75, 3.05) is 14.2 Å². The highest BCUT2D eigenvalue weighted by molar-refractivity contribution is 5.70. The molecule has 1 atom stereocenters. The van der Waals surface area contributed by atoms with Gasteiger partial charge in [0.25, 0.3) is 0 Å². The standard InChI is InChI=1S/C20H23N5O4/c1-24-20(18(11-21-24)25(26)27)19-16-6-4-5-12(9-17(16)22-23-19)13-7-14(28-2)10-15(8-13)29-3/h7-8,10-12H,4-6,9H2,1-3H3,(H,22,23)/t12-/m0/s1. The van der Waals surface area contributed by atoms with Gasteiger partial charge >= 0.3 is 5.69 Å². The van der Waals surface area contributed by atoms with Crippen molar-refractivity contribution >= 4 is 5.69 Å². The maximum absolute atomic E-state index is 11.4. The molecule has 1 aromatic carbocycles. The van der Waals surface area contributed by atoms with Gasteiger partial charge in [-0.25, -0.2) is 0 Å². The Morgan fingerprint density at radius 2 is 1.97 bits per heavy atom. The second kappa shape index (κ2) is 7.57. The largest absolute Gasteiger partial charge is 0.497 e. The van der Waals surface area contributed by atoms with E-state index in [-0.39, 0.29) is 11.6 Å². The lowest BCUT2D eigenvalue weighted by molar-refractivity contribution is -0.384. The molecule has 0 saturated carbocycles. The number of hydrogen-bond donors (Lipinski definition) is 1. The number of aromatic amines is 1. The second-order valence-corrected chi connectivity index (χ2v) is 7.23. The minimum absolute atomic E-state index is 0.0277. The Morgan fingerprint density at radius 1 is 1.24 bits per heavy atom. The molecule has 0 unspecified atom stereocenters. The first-order chi connectivity index (χ1) is 14.0. The van der Waals surface area contributed by atoms with Crippen molar-refractivity contribution in [1.29, 1.82) is 0 Å². The third kappa shape index (κ3) is 3.43. The summed E-state index contributed by atoms with van der Waals surface area (Å²) >= 11 is 0. The van der Waals surface area contributed by atoms with E-state index in [9.17, 15) is 10.1 Å². The number of ether oxygens (including phenoxy) is 2. The third-order valence-electron chi connectivity index (χ3n) is 5.57.